The van der Waals surface area contributed by atoms with Crippen molar-refractivity contribution in [1.82, 2.24) is 0 Å². The molecule has 0 aliphatic rings. The molecule has 1 unspecified atom stereocenters. The summed E-state index contributed by atoms with van der Waals surface area (Å²) in [5, 5.41) is 0. The lowest BCUT2D eigenvalue weighted by molar-refractivity contribution is -0.167. The SMILES string of the molecule is CC/C=C\C/C=C\C/C=C\C/C=C\C/C=C\CCCCCCCCCCCCCC(=O)OCC(COC(=O)CCCCCCCCCCCCC)OC(=O)CCC/C=C\C/C=C\C/C=C\C/C=C\C/C=C\CC. The second-order valence-electron chi connectivity index (χ2n) is 19.5. The van der Waals surface area contributed by atoms with E-state index in [-0.39, 0.29) is 37.5 Å². The molecule has 0 saturated carbocycles. The lowest BCUT2D eigenvalue weighted by Gasteiger charge is -2.18. The molecule has 0 aromatic carbocycles. The lowest BCUT2D eigenvalue weighted by atomic mass is 10.0. The van der Waals surface area contributed by atoms with Crippen molar-refractivity contribution >= 4 is 17.9 Å². The normalized spacial score (nSPS) is 13.0. The van der Waals surface area contributed by atoms with Gasteiger partial charge in [-0.15, -0.1) is 0 Å². The first-order valence-electron chi connectivity index (χ1n) is 30.0. The molecule has 0 saturated heterocycles. The Morgan fingerprint density at radius 3 is 0.877 bits per heavy atom. The summed E-state index contributed by atoms with van der Waals surface area (Å²) in [7, 11) is 0. The standard InChI is InChI=1S/C67H110O6/c1-4-7-10-13-16-19-22-24-26-28-29-30-31-32-33-34-35-36-37-39-40-42-45-48-51-54-57-60-66(69)72-63-64(62-71-65(68)59-56-53-50-47-44-21-18-15-12-9-6-3)73-67(70)61-58-55-52-49-46-43-41-38-27-25-23-20-17-14-11-8-5-2/h7-8,10-11,16-17,19-20,24-27,29-30,32-33,41,43,49,52,64H,4-6,9,12-15,18,21-23,28,31,34-40,42,44-48,50-51,53-63H2,1-3H3/b10-7-,11-8-,19-16-,20-17-,26-24-,27-25-,30-29-,33-32-,43-41-,52-49-. The Kier molecular flexibility index (Phi) is 56.9. The number of rotatable bonds is 53. The molecule has 0 aromatic rings. The smallest absolute Gasteiger partial charge is 0.306 e. The van der Waals surface area contributed by atoms with Crippen molar-refractivity contribution in [3.63, 3.8) is 0 Å². The minimum absolute atomic E-state index is 0.101. The molecule has 6 heteroatoms. The van der Waals surface area contributed by atoms with Crippen molar-refractivity contribution in [2.45, 2.75) is 271 Å². The molecular formula is C67H110O6. The van der Waals surface area contributed by atoms with Gasteiger partial charge in [0, 0.05) is 19.3 Å². The zero-order valence-corrected chi connectivity index (χ0v) is 47.4. The maximum atomic E-state index is 12.8. The highest BCUT2D eigenvalue weighted by atomic mass is 16.6. The third-order valence-electron chi connectivity index (χ3n) is 12.5. The Morgan fingerprint density at radius 2 is 0.548 bits per heavy atom. The van der Waals surface area contributed by atoms with Crippen molar-refractivity contribution in [2.75, 3.05) is 13.2 Å². The van der Waals surface area contributed by atoms with Crippen LogP contribution in [-0.2, 0) is 28.6 Å². The van der Waals surface area contributed by atoms with Crippen LogP contribution >= 0.6 is 0 Å². The molecule has 73 heavy (non-hydrogen) atoms. The molecular weight excluding hydrogens is 901 g/mol. The van der Waals surface area contributed by atoms with Gasteiger partial charge in [0.25, 0.3) is 0 Å². The topological polar surface area (TPSA) is 78.9 Å². The van der Waals surface area contributed by atoms with Gasteiger partial charge in [-0.2, -0.15) is 0 Å². The molecule has 0 N–H and O–H groups in total. The molecule has 0 aliphatic heterocycles. The quantitative estimate of drug-likeness (QED) is 0.0261. The van der Waals surface area contributed by atoms with Crippen LogP contribution in [-0.4, -0.2) is 37.2 Å². The summed E-state index contributed by atoms with van der Waals surface area (Å²) in [6.45, 7) is 6.36. The van der Waals surface area contributed by atoms with E-state index in [9.17, 15) is 14.4 Å². The van der Waals surface area contributed by atoms with E-state index in [1.807, 2.05) is 0 Å². The van der Waals surface area contributed by atoms with Crippen LogP contribution in [0.5, 0.6) is 0 Å². The van der Waals surface area contributed by atoms with Gasteiger partial charge in [0.2, 0.25) is 0 Å². The Morgan fingerprint density at radius 1 is 0.288 bits per heavy atom. The second kappa shape index (κ2) is 60.4. The average molecular weight is 1010 g/mol. The maximum absolute atomic E-state index is 12.8. The molecule has 0 amide bonds. The van der Waals surface area contributed by atoms with E-state index >= 15 is 0 Å². The van der Waals surface area contributed by atoms with Gasteiger partial charge in [-0.1, -0.05) is 264 Å². The predicted molar refractivity (Wildman–Crippen MR) is 316 cm³/mol. The van der Waals surface area contributed by atoms with Crippen LogP contribution in [0.25, 0.3) is 0 Å². The number of carbonyl (C=O) groups excluding carboxylic acids is 3. The first-order chi connectivity index (χ1) is 36.0. The number of unbranched alkanes of at least 4 members (excludes halogenated alkanes) is 22. The molecule has 0 spiro atoms. The Balaban J connectivity index is 4.34. The molecule has 0 rings (SSSR count). The molecule has 0 heterocycles. The predicted octanol–water partition coefficient (Wildman–Crippen LogP) is 20.4. The molecule has 0 bridgehead atoms. The number of ether oxygens (including phenoxy) is 3. The zero-order chi connectivity index (χ0) is 52.9. The monoisotopic (exact) mass is 1010 g/mol. The van der Waals surface area contributed by atoms with Crippen LogP contribution in [0.2, 0.25) is 0 Å². The summed E-state index contributed by atoms with van der Waals surface area (Å²) in [4.78, 5) is 38.1. The number of carbonyl (C=O) groups is 3. The summed E-state index contributed by atoms with van der Waals surface area (Å²) in [6.07, 6.45) is 83.5. The van der Waals surface area contributed by atoms with Crippen molar-refractivity contribution < 1.29 is 28.6 Å². The summed E-state index contributed by atoms with van der Waals surface area (Å²) in [6, 6.07) is 0. The Bertz CT molecular complexity index is 1540. The van der Waals surface area contributed by atoms with Crippen LogP contribution in [0, 0.1) is 0 Å². The van der Waals surface area contributed by atoms with Crippen molar-refractivity contribution in [3.05, 3.63) is 122 Å². The van der Waals surface area contributed by atoms with E-state index < -0.39 is 6.10 Å². The lowest BCUT2D eigenvalue weighted by Crippen LogP contribution is -2.30. The largest absolute Gasteiger partial charge is 0.462 e. The van der Waals surface area contributed by atoms with Crippen molar-refractivity contribution in [2.24, 2.45) is 0 Å². The third kappa shape index (κ3) is 58.6. The van der Waals surface area contributed by atoms with Crippen LogP contribution in [0.3, 0.4) is 0 Å². The van der Waals surface area contributed by atoms with E-state index in [0.29, 0.717) is 19.3 Å². The minimum atomic E-state index is -0.810. The molecule has 6 nitrogen and oxygen atoms in total. The highest BCUT2D eigenvalue weighted by Gasteiger charge is 2.19. The molecule has 0 fully saturated rings. The number of allylic oxidation sites excluding steroid dienone is 20. The fraction of sp³-hybridized carbons (Fsp3) is 0.657. The summed E-state index contributed by atoms with van der Waals surface area (Å²) < 4.78 is 16.8. The van der Waals surface area contributed by atoms with Crippen molar-refractivity contribution in [1.29, 1.82) is 0 Å². The van der Waals surface area contributed by atoms with Gasteiger partial charge in [0.1, 0.15) is 13.2 Å². The first kappa shape index (κ1) is 68.8. The van der Waals surface area contributed by atoms with Gasteiger partial charge in [-0.3, -0.25) is 14.4 Å². The second-order valence-corrected chi connectivity index (χ2v) is 19.5. The van der Waals surface area contributed by atoms with E-state index in [1.165, 1.54) is 109 Å². The zero-order valence-electron chi connectivity index (χ0n) is 47.4. The molecule has 1 atom stereocenters. The van der Waals surface area contributed by atoms with Crippen molar-refractivity contribution in [3.8, 4) is 0 Å². The van der Waals surface area contributed by atoms with Crippen LogP contribution in [0.1, 0.15) is 265 Å². The first-order valence-corrected chi connectivity index (χ1v) is 30.0. The summed E-state index contributed by atoms with van der Waals surface area (Å²) >= 11 is 0. The van der Waals surface area contributed by atoms with Gasteiger partial charge >= 0.3 is 17.9 Å². The Hall–Kier alpha value is -4.19. The molecule has 414 valence electrons. The Labute approximate surface area is 450 Å². The number of hydrogen-bond donors (Lipinski definition) is 0. The highest BCUT2D eigenvalue weighted by Crippen LogP contribution is 2.15. The van der Waals surface area contributed by atoms with Gasteiger partial charge in [-0.05, 0) is 103 Å². The van der Waals surface area contributed by atoms with Crippen LogP contribution in [0.15, 0.2) is 122 Å². The molecule has 0 aromatic heterocycles. The van der Waals surface area contributed by atoms with Gasteiger partial charge < -0.3 is 14.2 Å². The maximum Gasteiger partial charge on any atom is 0.306 e. The highest BCUT2D eigenvalue weighted by molar-refractivity contribution is 5.71. The van der Waals surface area contributed by atoms with E-state index in [0.717, 1.165) is 109 Å². The third-order valence-corrected chi connectivity index (χ3v) is 12.5. The fourth-order valence-electron chi connectivity index (χ4n) is 8.03. The summed E-state index contributed by atoms with van der Waals surface area (Å²) in [5.74, 6) is -0.963. The van der Waals surface area contributed by atoms with Crippen LogP contribution < -0.4 is 0 Å². The van der Waals surface area contributed by atoms with Gasteiger partial charge in [0.05, 0.1) is 0 Å². The minimum Gasteiger partial charge on any atom is -0.462 e. The van der Waals surface area contributed by atoms with E-state index in [2.05, 4.69) is 142 Å². The molecule has 0 radical (unpaired) electrons. The molecule has 0 aliphatic carbocycles. The summed E-state index contributed by atoms with van der Waals surface area (Å²) in [5.41, 5.74) is 0. The average Bonchev–Trinajstić information content (AvgIpc) is 3.39. The van der Waals surface area contributed by atoms with Crippen LogP contribution in [0.4, 0.5) is 0 Å². The number of hydrogen-bond acceptors (Lipinski definition) is 6. The van der Waals surface area contributed by atoms with E-state index in [4.69, 9.17) is 14.2 Å². The number of esters is 3. The van der Waals surface area contributed by atoms with E-state index in [1.54, 1.807) is 0 Å². The van der Waals surface area contributed by atoms with Gasteiger partial charge in [0.15, 0.2) is 6.10 Å². The fourth-order valence-corrected chi connectivity index (χ4v) is 8.03. The van der Waals surface area contributed by atoms with Gasteiger partial charge in [-0.25, -0.2) is 0 Å².